The van der Waals surface area contributed by atoms with Crippen molar-refractivity contribution in [1.82, 2.24) is 24.5 Å². The van der Waals surface area contributed by atoms with Crippen LogP contribution in [-0.4, -0.2) is 102 Å². The van der Waals surface area contributed by atoms with Gasteiger partial charge >= 0.3 is 12.0 Å². The first-order valence-corrected chi connectivity index (χ1v) is 14.1. The summed E-state index contributed by atoms with van der Waals surface area (Å²) in [5, 5.41) is 13.1. The van der Waals surface area contributed by atoms with Crippen LogP contribution in [0.25, 0.3) is 0 Å². The second-order valence-corrected chi connectivity index (χ2v) is 11.5. The number of hydrogen-bond acceptors (Lipinski definition) is 7. The molecular formula is C24H34N6O5S. The molecule has 11 nitrogen and oxygen atoms in total. The van der Waals surface area contributed by atoms with E-state index in [4.69, 9.17) is 5.11 Å². The van der Waals surface area contributed by atoms with Crippen LogP contribution in [0.2, 0.25) is 0 Å². The Kier molecular flexibility index (Phi) is 7.96. The quantitative estimate of drug-likeness (QED) is 0.566. The zero-order valence-corrected chi connectivity index (χ0v) is 21.6. The average molecular weight is 519 g/mol. The van der Waals surface area contributed by atoms with Crippen molar-refractivity contribution >= 4 is 27.8 Å². The Hall–Kier alpha value is -2.96. The molecule has 1 amide bonds. The highest BCUT2D eigenvalue weighted by Gasteiger charge is 2.26. The number of anilines is 1. The molecule has 2 aliphatic rings. The number of aryl methyl sites for hydroxylation is 1. The lowest BCUT2D eigenvalue weighted by Gasteiger charge is -2.36. The maximum Gasteiger partial charge on any atom is 0.344 e. The van der Waals surface area contributed by atoms with E-state index in [-0.39, 0.29) is 18.4 Å². The third kappa shape index (κ3) is 6.83. The van der Waals surface area contributed by atoms with Crippen molar-refractivity contribution in [3.8, 4) is 0 Å². The van der Waals surface area contributed by atoms with Gasteiger partial charge in [-0.05, 0) is 49.9 Å². The van der Waals surface area contributed by atoms with E-state index in [0.717, 1.165) is 56.5 Å². The number of rotatable bonds is 7. The van der Waals surface area contributed by atoms with Gasteiger partial charge in [-0.3, -0.25) is 19.3 Å². The molecule has 12 heteroatoms. The van der Waals surface area contributed by atoms with E-state index >= 15 is 0 Å². The summed E-state index contributed by atoms with van der Waals surface area (Å²) in [6, 6.07) is 7.79. The van der Waals surface area contributed by atoms with Crippen molar-refractivity contribution < 1.29 is 23.1 Å². The monoisotopic (exact) mass is 518 g/mol. The van der Waals surface area contributed by atoms with Gasteiger partial charge in [0, 0.05) is 45.0 Å². The van der Waals surface area contributed by atoms with Crippen LogP contribution >= 0.6 is 0 Å². The number of aromatic nitrogens is 2. The molecule has 0 spiro atoms. The lowest BCUT2D eigenvalue weighted by molar-refractivity contribution is -0.138. The molecule has 2 aliphatic heterocycles. The number of sulfonamides is 1. The number of likely N-dealkylation sites (tertiary alicyclic amines) is 1. The van der Waals surface area contributed by atoms with Crippen molar-refractivity contribution in [1.29, 1.82) is 0 Å². The lowest BCUT2D eigenvalue weighted by Crippen LogP contribution is -2.49. The van der Waals surface area contributed by atoms with Gasteiger partial charge in [0.15, 0.2) is 5.82 Å². The minimum absolute atomic E-state index is 0.102. The third-order valence-corrected chi connectivity index (χ3v) is 7.38. The standard InChI is InChI=1S/C24H34N6O5S/c1-18-3-4-20(21(15-18)19-5-8-27(9-6-19)17-23(31)32)16-28-11-13-29(14-12-28)24(33)30-10-7-22(25-30)26-36(2,34)35/h3-4,7,10,15,19H,5-6,8-9,11-14,16-17H2,1-2H3,(H,25,26)(H,31,32). The van der Waals surface area contributed by atoms with E-state index in [0.29, 0.717) is 19.0 Å². The minimum Gasteiger partial charge on any atom is -0.480 e. The molecule has 2 aromatic rings. The van der Waals surface area contributed by atoms with E-state index in [1.54, 1.807) is 4.90 Å². The zero-order chi connectivity index (χ0) is 25.9. The summed E-state index contributed by atoms with van der Waals surface area (Å²) in [4.78, 5) is 29.9. The number of nitrogens with one attached hydrogen (secondary N) is 1. The number of carboxylic acids is 1. The Labute approximate surface area is 211 Å². The number of nitrogens with zero attached hydrogens (tertiary/aromatic N) is 5. The average Bonchev–Trinajstić information content (AvgIpc) is 3.27. The van der Waals surface area contributed by atoms with Gasteiger partial charge in [0.1, 0.15) is 0 Å². The van der Waals surface area contributed by atoms with Gasteiger partial charge in [-0.2, -0.15) is 4.68 Å². The van der Waals surface area contributed by atoms with Gasteiger partial charge in [-0.25, -0.2) is 13.2 Å². The number of benzene rings is 1. The van der Waals surface area contributed by atoms with Crippen molar-refractivity contribution in [2.45, 2.75) is 32.2 Å². The molecular weight excluding hydrogens is 484 g/mol. The highest BCUT2D eigenvalue weighted by molar-refractivity contribution is 7.92. The van der Waals surface area contributed by atoms with Crippen LogP contribution in [0.3, 0.4) is 0 Å². The van der Waals surface area contributed by atoms with Crippen LogP contribution < -0.4 is 4.72 Å². The van der Waals surface area contributed by atoms with Crippen LogP contribution in [-0.2, 0) is 21.4 Å². The Morgan fingerprint density at radius 3 is 2.39 bits per heavy atom. The molecule has 0 atom stereocenters. The zero-order valence-electron chi connectivity index (χ0n) is 20.8. The molecule has 36 heavy (non-hydrogen) atoms. The van der Waals surface area contributed by atoms with Gasteiger partial charge in [0.25, 0.3) is 0 Å². The summed E-state index contributed by atoms with van der Waals surface area (Å²) in [5.41, 5.74) is 3.87. The number of carboxylic acid groups (broad SMARTS) is 1. The molecule has 2 N–H and O–H groups in total. The van der Waals surface area contributed by atoms with Crippen molar-refractivity contribution in [2.24, 2.45) is 0 Å². The number of amides is 1. The fourth-order valence-corrected chi connectivity index (χ4v) is 5.48. The highest BCUT2D eigenvalue weighted by Crippen LogP contribution is 2.32. The molecule has 2 saturated heterocycles. The smallest absolute Gasteiger partial charge is 0.344 e. The van der Waals surface area contributed by atoms with Gasteiger partial charge in [0.2, 0.25) is 10.0 Å². The first-order chi connectivity index (χ1) is 17.1. The molecule has 0 unspecified atom stereocenters. The maximum atomic E-state index is 12.8. The number of carbonyl (C=O) groups excluding carboxylic acids is 1. The number of hydrogen-bond donors (Lipinski definition) is 2. The molecule has 3 heterocycles. The molecule has 2 fully saturated rings. The third-order valence-electron chi connectivity index (χ3n) is 6.80. The topological polar surface area (TPSA) is 128 Å². The predicted molar refractivity (Wildman–Crippen MR) is 136 cm³/mol. The Morgan fingerprint density at radius 2 is 1.75 bits per heavy atom. The molecule has 0 saturated carbocycles. The summed E-state index contributed by atoms with van der Waals surface area (Å²) in [7, 11) is -3.46. The molecule has 0 aliphatic carbocycles. The number of carbonyl (C=O) groups is 2. The number of piperazine rings is 1. The summed E-state index contributed by atoms with van der Waals surface area (Å²) < 4.78 is 26.2. The summed E-state index contributed by atoms with van der Waals surface area (Å²) in [5.74, 6) is -0.242. The Morgan fingerprint density at radius 1 is 1.06 bits per heavy atom. The maximum absolute atomic E-state index is 12.8. The molecule has 196 valence electrons. The normalized spacial score (nSPS) is 18.3. The van der Waals surface area contributed by atoms with Gasteiger partial charge < -0.3 is 10.0 Å². The molecule has 4 rings (SSSR count). The number of aliphatic carboxylic acids is 1. The number of piperidine rings is 1. The van der Waals surface area contributed by atoms with Crippen molar-refractivity contribution in [2.75, 3.05) is 56.8 Å². The minimum atomic E-state index is -3.46. The molecule has 1 aromatic carbocycles. The van der Waals surface area contributed by atoms with Gasteiger partial charge in [0.05, 0.1) is 12.8 Å². The first-order valence-electron chi connectivity index (χ1n) is 12.2. The van der Waals surface area contributed by atoms with Gasteiger partial charge in [-0.1, -0.05) is 23.8 Å². The Bertz CT molecular complexity index is 1200. The lowest BCUT2D eigenvalue weighted by atomic mass is 9.85. The summed E-state index contributed by atoms with van der Waals surface area (Å²) >= 11 is 0. The van der Waals surface area contributed by atoms with Crippen LogP contribution in [0.5, 0.6) is 0 Å². The molecule has 1 aromatic heterocycles. The van der Waals surface area contributed by atoms with E-state index in [1.165, 1.54) is 29.0 Å². The van der Waals surface area contributed by atoms with E-state index in [9.17, 15) is 18.0 Å². The molecule has 0 radical (unpaired) electrons. The summed E-state index contributed by atoms with van der Waals surface area (Å²) in [6.07, 6.45) is 4.40. The Balaban J connectivity index is 1.34. The van der Waals surface area contributed by atoms with Crippen molar-refractivity contribution in [3.63, 3.8) is 0 Å². The van der Waals surface area contributed by atoms with Crippen LogP contribution in [0.15, 0.2) is 30.5 Å². The first kappa shape index (κ1) is 26.1. The van der Waals surface area contributed by atoms with E-state index in [1.807, 2.05) is 4.90 Å². The van der Waals surface area contributed by atoms with Crippen LogP contribution in [0.4, 0.5) is 10.6 Å². The van der Waals surface area contributed by atoms with Crippen molar-refractivity contribution in [3.05, 3.63) is 47.2 Å². The molecule has 0 bridgehead atoms. The predicted octanol–water partition coefficient (Wildman–Crippen LogP) is 1.61. The van der Waals surface area contributed by atoms with Gasteiger partial charge in [-0.15, -0.1) is 5.10 Å². The van der Waals surface area contributed by atoms with E-state index in [2.05, 4.69) is 39.8 Å². The van der Waals surface area contributed by atoms with Crippen LogP contribution in [0, 0.1) is 6.92 Å². The second-order valence-electron chi connectivity index (χ2n) is 9.71. The van der Waals surface area contributed by atoms with Crippen LogP contribution in [0.1, 0.15) is 35.4 Å². The summed E-state index contributed by atoms with van der Waals surface area (Å²) in [6.45, 7) is 7.16. The largest absolute Gasteiger partial charge is 0.480 e. The van der Waals surface area contributed by atoms with E-state index < -0.39 is 16.0 Å². The second kappa shape index (κ2) is 11.0. The highest BCUT2D eigenvalue weighted by atomic mass is 32.2. The fraction of sp³-hybridized carbons (Fsp3) is 0.542. The fourth-order valence-electron chi connectivity index (χ4n) is 4.99. The SMILES string of the molecule is Cc1ccc(CN2CCN(C(=O)n3ccc(NS(C)(=O)=O)n3)CC2)c(C2CCN(CC(=O)O)CC2)c1.